The first-order chi connectivity index (χ1) is 14.9. The number of carbonyl (C=O) groups is 4. The fourth-order valence-corrected chi connectivity index (χ4v) is 3.24. The van der Waals surface area contributed by atoms with Gasteiger partial charge < -0.3 is 14.4 Å². The van der Waals surface area contributed by atoms with Crippen LogP contribution in [0.15, 0.2) is 48.5 Å². The highest BCUT2D eigenvalue weighted by Crippen LogP contribution is 2.28. The second kappa shape index (κ2) is 9.94. The zero-order valence-electron chi connectivity index (χ0n) is 16.6. The fourth-order valence-electron chi connectivity index (χ4n) is 3.02. The molecule has 0 spiro atoms. The average Bonchev–Trinajstić information content (AvgIpc) is 3.17. The fraction of sp³-hybridized carbons (Fsp3) is 0.238. The molecule has 10 heteroatoms. The Morgan fingerprint density at radius 3 is 2.65 bits per heavy atom. The van der Waals surface area contributed by atoms with Crippen LogP contribution in [0.1, 0.15) is 16.8 Å². The van der Waals surface area contributed by atoms with Gasteiger partial charge >= 0.3 is 5.97 Å². The molecule has 3 rings (SSSR count). The summed E-state index contributed by atoms with van der Waals surface area (Å²) < 4.78 is 10.1. The lowest BCUT2D eigenvalue weighted by Gasteiger charge is -2.17. The van der Waals surface area contributed by atoms with Crippen LogP contribution in [0, 0.1) is 5.92 Å². The van der Waals surface area contributed by atoms with Gasteiger partial charge in [-0.15, -0.1) is 0 Å². The van der Waals surface area contributed by atoms with Gasteiger partial charge in [0.15, 0.2) is 6.61 Å². The highest BCUT2D eigenvalue weighted by Gasteiger charge is 2.36. The van der Waals surface area contributed by atoms with Gasteiger partial charge in [0.05, 0.1) is 23.6 Å². The Hall–Kier alpha value is -3.59. The van der Waals surface area contributed by atoms with Crippen molar-refractivity contribution in [2.24, 2.45) is 5.92 Å². The number of hydrazine groups is 1. The molecule has 1 fully saturated rings. The maximum Gasteiger partial charge on any atom is 0.311 e. The summed E-state index contributed by atoms with van der Waals surface area (Å²) in [7, 11) is 1.52. The Balaban J connectivity index is 1.47. The number of carbonyl (C=O) groups excluding carboxylic acids is 4. The summed E-state index contributed by atoms with van der Waals surface area (Å²) in [5.74, 6) is -2.36. The molecule has 2 aromatic carbocycles. The molecular formula is C21H20ClN3O6. The molecule has 0 saturated carbocycles. The monoisotopic (exact) mass is 445 g/mol. The Labute approximate surface area is 183 Å². The lowest BCUT2D eigenvalue weighted by molar-refractivity contribution is -0.152. The van der Waals surface area contributed by atoms with Crippen LogP contribution in [-0.2, 0) is 19.1 Å². The summed E-state index contributed by atoms with van der Waals surface area (Å²) in [5, 5.41) is 0.229. The first-order valence-electron chi connectivity index (χ1n) is 9.34. The Bertz CT molecular complexity index is 1010. The molecule has 2 N–H and O–H groups in total. The minimum atomic E-state index is -0.734. The molecule has 1 aliphatic rings. The lowest BCUT2D eigenvalue weighted by atomic mass is 10.1. The van der Waals surface area contributed by atoms with Gasteiger partial charge in [0, 0.05) is 24.7 Å². The first-order valence-corrected chi connectivity index (χ1v) is 9.71. The summed E-state index contributed by atoms with van der Waals surface area (Å²) in [6.07, 6.45) is -0.0269. The number of amides is 3. The highest BCUT2D eigenvalue weighted by molar-refractivity contribution is 6.33. The number of methoxy groups -OCH3 is 1. The van der Waals surface area contributed by atoms with Crippen molar-refractivity contribution in [1.29, 1.82) is 0 Å². The largest absolute Gasteiger partial charge is 0.497 e. The number of hydrogen-bond donors (Lipinski definition) is 2. The number of benzene rings is 2. The number of hydrogen-bond acceptors (Lipinski definition) is 6. The molecule has 0 bridgehead atoms. The summed E-state index contributed by atoms with van der Waals surface area (Å²) in [5.41, 5.74) is 5.13. The van der Waals surface area contributed by atoms with Crippen LogP contribution in [-0.4, -0.2) is 44.0 Å². The van der Waals surface area contributed by atoms with Crippen LogP contribution in [0.25, 0.3) is 0 Å². The number of ether oxygens (including phenoxy) is 2. The maximum absolute atomic E-state index is 12.3. The number of nitrogens with zero attached hydrogens (tertiary/aromatic N) is 1. The maximum atomic E-state index is 12.3. The van der Waals surface area contributed by atoms with E-state index in [0.29, 0.717) is 11.4 Å². The van der Waals surface area contributed by atoms with Crippen molar-refractivity contribution in [2.45, 2.75) is 6.42 Å². The van der Waals surface area contributed by atoms with Crippen LogP contribution >= 0.6 is 11.6 Å². The highest BCUT2D eigenvalue weighted by atomic mass is 35.5. The van der Waals surface area contributed by atoms with Crippen molar-refractivity contribution in [3.8, 4) is 5.75 Å². The normalized spacial score (nSPS) is 15.4. The van der Waals surface area contributed by atoms with Gasteiger partial charge in [0.25, 0.3) is 11.8 Å². The molecule has 0 aliphatic carbocycles. The summed E-state index contributed by atoms with van der Waals surface area (Å²) in [4.78, 5) is 49.9. The molecule has 0 unspecified atom stereocenters. The predicted molar refractivity (Wildman–Crippen MR) is 111 cm³/mol. The van der Waals surface area contributed by atoms with E-state index < -0.39 is 30.3 Å². The van der Waals surface area contributed by atoms with Crippen molar-refractivity contribution in [1.82, 2.24) is 10.9 Å². The number of halogens is 1. The minimum absolute atomic E-state index is 0.0269. The van der Waals surface area contributed by atoms with Gasteiger partial charge in [0.1, 0.15) is 5.75 Å². The molecule has 0 radical (unpaired) electrons. The summed E-state index contributed by atoms with van der Waals surface area (Å²) in [6, 6.07) is 13.3. The molecule has 2 aromatic rings. The quantitative estimate of drug-likeness (QED) is 0.517. The van der Waals surface area contributed by atoms with Gasteiger partial charge in [-0.1, -0.05) is 29.8 Å². The van der Waals surface area contributed by atoms with E-state index in [2.05, 4.69) is 10.9 Å². The molecule has 0 aromatic heterocycles. The Morgan fingerprint density at radius 1 is 1.13 bits per heavy atom. The predicted octanol–water partition coefficient (Wildman–Crippen LogP) is 1.71. The number of rotatable bonds is 6. The van der Waals surface area contributed by atoms with Crippen LogP contribution in [0.5, 0.6) is 5.75 Å². The number of esters is 1. The van der Waals surface area contributed by atoms with E-state index in [4.69, 9.17) is 21.1 Å². The van der Waals surface area contributed by atoms with Crippen molar-refractivity contribution in [3.63, 3.8) is 0 Å². The molecule has 162 valence electrons. The summed E-state index contributed by atoms with van der Waals surface area (Å²) in [6.45, 7) is -0.471. The van der Waals surface area contributed by atoms with Gasteiger partial charge in [-0.3, -0.25) is 30.0 Å². The zero-order valence-corrected chi connectivity index (χ0v) is 17.3. The summed E-state index contributed by atoms with van der Waals surface area (Å²) >= 11 is 5.91. The van der Waals surface area contributed by atoms with E-state index in [-0.39, 0.29) is 29.5 Å². The lowest BCUT2D eigenvalue weighted by Crippen LogP contribution is -2.44. The number of anilines is 1. The smallest absolute Gasteiger partial charge is 0.311 e. The molecule has 1 aliphatic heterocycles. The van der Waals surface area contributed by atoms with Crippen LogP contribution in [0.3, 0.4) is 0 Å². The van der Waals surface area contributed by atoms with E-state index in [0.717, 1.165) is 0 Å². The van der Waals surface area contributed by atoms with E-state index in [1.54, 1.807) is 36.4 Å². The van der Waals surface area contributed by atoms with E-state index >= 15 is 0 Å². The molecule has 1 heterocycles. The van der Waals surface area contributed by atoms with E-state index in [1.165, 1.54) is 24.1 Å². The van der Waals surface area contributed by atoms with Crippen molar-refractivity contribution in [3.05, 3.63) is 59.1 Å². The van der Waals surface area contributed by atoms with Crippen LogP contribution in [0.2, 0.25) is 5.02 Å². The van der Waals surface area contributed by atoms with Gasteiger partial charge in [-0.25, -0.2) is 0 Å². The van der Waals surface area contributed by atoms with E-state index in [1.807, 2.05) is 0 Å². The van der Waals surface area contributed by atoms with Crippen LogP contribution in [0.4, 0.5) is 5.69 Å². The molecule has 9 nitrogen and oxygen atoms in total. The molecule has 3 amide bonds. The zero-order chi connectivity index (χ0) is 22.4. The Morgan fingerprint density at radius 2 is 1.90 bits per heavy atom. The third-order valence-corrected chi connectivity index (χ3v) is 4.93. The third-order valence-electron chi connectivity index (χ3n) is 4.60. The van der Waals surface area contributed by atoms with Crippen molar-refractivity contribution >= 4 is 41.0 Å². The molecule has 31 heavy (non-hydrogen) atoms. The second-order valence-corrected chi connectivity index (χ2v) is 7.10. The molecule has 1 saturated heterocycles. The topological polar surface area (TPSA) is 114 Å². The standard InChI is InChI=1S/C21H20ClN3O6/c1-30-15-6-4-5-14(10-15)25-11-13(9-19(25)27)21(29)31-12-18(26)23-24-20(28)16-7-2-3-8-17(16)22/h2-8,10,13H,9,11-12H2,1H3,(H,23,26)(H,24,28)/t13-/m0/s1. The van der Waals surface area contributed by atoms with Crippen molar-refractivity contribution < 1.29 is 28.7 Å². The van der Waals surface area contributed by atoms with Gasteiger partial charge in [-0.2, -0.15) is 0 Å². The Kier molecular flexibility index (Phi) is 7.09. The number of nitrogens with one attached hydrogen (secondary N) is 2. The molecular weight excluding hydrogens is 426 g/mol. The average molecular weight is 446 g/mol. The van der Waals surface area contributed by atoms with Crippen molar-refractivity contribution in [2.75, 3.05) is 25.2 Å². The van der Waals surface area contributed by atoms with E-state index in [9.17, 15) is 19.2 Å². The van der Waals surface area contributed by atoms with Gasteiger partial charge in [0.2, 0.25) is 5.91 Å². The molecule has 1 atom stereocenters. The first kappa shape index (κ1) is 22.1. The third kappa shape index (κ3) is 5.52. The second-order valence-electron chi connectivity index (χ2n) is 6.70. The van der Waals surface area contributed by atoms with Crippen LogP contribution < -0.4 is 20.5 Å². The minimum Gasteiger partial charge on any atom is -0.497 e. The SMILES string of the molecule is COc1cccc(N2C[C@@H](C(=O)OCC(=O)NNC(=O)c3ccccc3Cl)CC2=O)c1. The van der Waals surface area contributed by atoms with Gasteiger partial charge in [-0.05, 0) is 24.3 Å².